The van der Waals surface area contributed by atoms with Gasteiger partial charge in [0.15, 0.2) is 0 Å². The fourth-order valence-corrected chi connectivity index (χ4v) is 2.64. The van der Waals surface area contributed by atoms with Crippen LogP contribution in [0, 0.1) is 0 Å². The van der Waals surface area contributed by atoms with E-state index in [1.807, 2.05) is 0 Å². The van der Waals surface area contributed by atoms with Crippen LogP contribution < -0.4 is 5.73 Å². The van der Waals surface area contributed by atoms with E-state index in [1.54, 1.807) is 0 Å². The molecule has 0 aromatic carbocycles. The van der Waals surface area contributed by atoms with E-state index in [1.165, 1.54) is 38.6 Å². The maximum atomic E-state index is 5.82. The Morgan fingerprint density at radius 2 is 2.25 bits per heavy atom. The smallest absolute Gasteiger partial charge is 0.0336 e. The van der Waals surface area contributed by atoms with E-state index in [2.05, 4.69) is 11.8 Å². The highest BCUT2D eigenvalue weighted by Gasteiger charge is 2.49. The molecule has 0 aromatic rings. The molecule has 12 heavy (non-hydrogen) atoms. The third kappa shape index (κ3) is 1.17. The second-order valence-electron chi connectivity index (χ2n) is 4.33. The van der Waals surface area contributed by atoms with Gasteiger partial charge in [0.25, 0.3) is 0 Å². The van der Waals surface area contributed by atoms with Crippen molar-refractivity contribution in [2.24, 2.45) is 5.73 Å². The van der Waals surface area contributed by atoms with Crippen LogP contribution in [0.25, 0.3) is 0 Å². The van der Waals surface area contributed by atoms with Crippen molar-refractivity contribution in [2.75, 3.05) is 13.1 Å². The Hall–Kier alpha value is -0.0800. The predicted molar refractivity (Wildman–Crippen MR) is 51.0 cm³/mol. The van der Waals surface area contributed by atoms with E-state index in [0.717, 1.165) is 12.6 Å². The maximum Gasteiger partial charge on any atom is 0.0336 e. The summed E-state index contributed by atoms with van der Waals surface area (Å²) >= 11 is 0. The lowest BCUT2D eigenvalue weighted by molar-refractivity contribution is 0.161. The number of likely N-dealkylation sites (tertiary alicyclic amines) is 1. The molecule has 2 rings (SSSR count). The van der Waals surface area contributed by atoms with E-state index < -0.39 is 0 Å². The lowest BCUT2D eigenvalue weighted by Gasteiger charge is -2.32. The molecule has 1 unspecified atom stereocenters. The molecule has 2 aliphatic rings. The van der Waals surface area contributed by atoms with Gasteiger partial charge in [0, 0.05) is 18.1 Å². The van der Waals surface area contributed by atoms with Gasteiger partial charge in [-0.15, -0.1) is 0 Å². The standard InChI is InChI=1S/C10H20N2/c1-2-9-4-3-7-12(9)10(8-11)5-6-10/h9H,2-8,11H2,1H3. The fraction of sp³-hybridized carbons (Fsp3) is 1.00. The van der Waals surface area contributed by atoms with Gasteiger partial charge >= 0.3 is 0 Å². The van der Waals surface area contributed by atoms with Crippen molar-refractivity contribution in [1.29, 1.82) is 0 Å². The summed E-state index contributed by atoms with van der Waals surface area (Å²) in [5, 5.41) is 0. The summed E-state index contributed by atoms with van der Waals surface area (Å²) in [4.78, 5) is 2.69. The van der Waals surface area contributed by atoms with Crippen molar-refractivity contribution in [2.45, 2.75) is 50.6 Å². The van der Waals surface area contributed by atoms with Crippen molar-refractivity contribution >= 4 is 0 Å². The van der Waals surface area contributed by atoms with Crippen LogP contribution >= 0.6 is 0 Å². The van der Waals surface area contributed by atoms with E-state index in [0.29, 0.717) is 5.54 Å². The van der Waals surface area contributed by atoms with Crippen LogP contribution in [0.2, 0.25) is 0 Å². The topological polar surface area (TPSA) is 29.3 Å². The first-order chi connectivity index (χ1) is 5.82. The zero-order chi connectivity index (χ0) is 8.60. The Balaban J connectivity index is 2.02. The molecule has 2 N–H and O–H groups in total. The summed E-state index contributed by atoms with van der Waals surface area (Å²) in [5.41, 5.74) is 6.28. The van der Waals surface area contributed by atoms with Crippen LogP contribution in [0.5, 0.6) is 0 Å². The minimum absolute atomic E-state index is 0.456. The first kappa shape index (κ1) is 8.52. The molecular formula is C10H20N2. The molecule has 1 aliphatic carbocycles. The Morgan fingerprint density at radius 3 is 2.75 bits per heavy atom. The number of nitrogens with two attached hydrogens (primary N) is 1. The number of nitrogens with zero attached hydrogens (tertiary/aromatic N) is 1. The monoisotopic (exact) mass is 168 g/mol. The molecule has 1 saturated carbocycles. The quantitative estimate of drug-likeness (QED) is 0.689. The van der Waals surface area contributed by atoms with E-state index in [4.69, 9.17) is 5.73 Å². The lowest BCUT2D eigenvalue weighted by Crippen LogP contribution is -2.45. The van der Waals surface area contributed by atoms with Gasteiger partial charge in [-0.3, -0.25) is 4.90 Å². The number of hydrogen-bond donors (Lipinski definition) is 1. The molecule has 0 spiro atoms. The van der Waals surface area contributed by atoms with Gasteiger partial charge in [0.2, 0.25) is 0 Å². The Morgan fingerprint density at radius 1 is 1.50 bits per heavy atom. The van der Waals surface area contributed by atoms with Gasteiger partial charge in [0.05, 0.1) is 0 Å². The zero-order valence-corrected chi connectivity index (χ0v) is 8.05. The highest BCUT2D eigenvalue weighted by molar-refractivity contribution is 5.07. The molecule has 2 heteroatoms. The normalized spacial score (nSPS) is 34.0. The maximum absolute atomic E-state index is 5.82. The average molecular weight is 168 g/mol. The molecule has 0 aromatic heterocycles. The summed E-state index contributed by atoms with van der Waals surface area (Å²) < 4.78 is 0. The van der Waals surface area contributed by atoms with Crippen molar-refractivity contribution in [3.05, 3.63) is 0 Å². The van der Waals surface area contributed by atoms with Gasteiger partial charge in [-0.25, -0.2) is 0 Å². The Labute approximate surface area is 75.1 Å². The molecule has 2 nitrogen and oxygen atoms in total. The van der Waals surface area contributed by atoms with Crippen LogP contribution in [0.4, 0.5) is 0 Å². The molecule has 0 amide bonds. The minimum atomic E-state index is 0.456. The van der Waals surface area contributed by atoms with E-state index in [9.17, 15) is 0 Å². The predicted octanol–water partition coefficient (Wildman–Crippen LogP) is 1.35. The fourth-order valence-electron chi connectivity index (χ4n) is 2.64. The second-order valence-corrected chi connectivity index (χ2v) is 4.33. The van der Waals surface area contributed by atoms with Gasteiger partial charge < -0.3 is 5.73 Å². The Kier molecular flexibility index (Phi) is 2.13. The third-order valence-corrected chi connectivity index (χ3v) is 3.66. The van der Waals surface area contributed by atoms with E-state index in [-0.39, 0.29) is 0 Å². The first-order valence-electron chi connectivity index (χ1n) is 5.29. The third-order valence-electron chi connectivity index (χ3n) is 3.66. The second kappa shape index (κ2) is 3.00. The van der Waals surface area contributed by atoms with Crippen LogP contribution in [0.15, 0.2) is 0 Å². The summed E-state index contributed by atoms with van der Waals surface area (Å²) in [6.45, 7) is 4.48. The highest BCUT2D eigenvalue weighted by atomic mass is 15.3. The molecule has 1 atom stereocenters. The molecule has 0 bridgehead atoms. The molecule has 1 aliphatic heterocycles. The van der Waals surface area contributed by atoms with E-state index >= 15 is 0 Å². The molecule has 70 valence electrons. The van der Waals surface area contributed by atoms with Crippen molar-refractivity contribution < 1.29 is 0 Å². The first-order valence-corrected chi connectivity index (χ1v) is 5.29. The molecule has 1 saturated heterocycles. The highest BCUT2D eigenvalue weighted by Crippen LogP contribution is 2.44. The SMILES string of the molecule is CCC1CCCN1C1(CN)CC1. The van der Waals surface area contributed by atoms with Crippen LogP contribution in [0.3, 0.4) is 0 Å². The van der Waals surface area contributed by atoms with Gasteiger partial charge in [-0.05, 0) is 38.6 Å². The number of hydrogen-bond acceptors (Lipinski definition) is 2. The lowest BCUT2D eigenvalue weighted by atomic mass is 10.1. The molecule has 0 radical (unpaired) electrons. The largest absolute Gasteiger partial charge is 0.329 e. The molecule has 1 heterocycles. The van der Waals surface area contributed by atoms with Crippen molar-refractivity contribution in [1.82, 2.24) is 4.90 Å². The summed E-state index contributed by atoms with van der Waals surface area (Å²) in [6, 6.07) is 0.844. The summed E-state index contributed by atoms with van der Waals surface area (Å²) in [5.74, 6) is 0. The van der Waals surface area contributed by atoms with Crippen LogP contribution in [-0.2, 0) is 0 Å². The van der Waals surface area contributed by atoms with Gasteiger partial charge in [0.1, 0.15) is 0 Å². The van der Waals surface area contributed by atoms with Gasteiger partial charge in [-0.1, -0.05) is 6.92 Å². The molecular weight excluding hydrogens is 148 g/mol. The summed E-state index contributed by atoms with van der Waals surface area (Å²) in [6.07, 6.45) is 6.79. The van der Waals surface area contributed by atoms with Crippen molar-refractivity contribution in [3.8, 4) is 0 Å². The summed E-state index contributed by atoms with van der Waals surface area (Å²) in [7, 11) is 0. The minimum Gasteiger partial charge on any atom is -0.329 e. The molecule has 2 fully saturated rings. The van der Waals surface area contributed by atoms with Crippen molar-refractivity contribution in [3.63, 3.8) is 0 Å². The van der Waals surface area contributed by atoms with Gasteiger partial charge in [-0.2, -0.15) is 0 Å². The Bertz CT molecular complexity index is 163. The average Bonchev–Trinajstić information content (AvgIpc) is 2.76. The number of rotatable bonds is 3. The van der Waals surface area contributed by atoms with Crippen LogP contribution in [-0.4, -0.2) is 29.6 Å². The zero-order valence-electron chi connectivity index (χ0n) is 8.05. The van der Waals surface area contributed by atoms with Crippen LogP contribution in [0.1, 0.15) is 39.0 Å².